The summed E-state index contributed by atoms with van der Waals surface area (Å²) in [4.78, 5) is 26.6. The van der Waals surface area contributed by atoms with Gasteiger partial charge in [0.2, 0.25) is 0 Å². The number of thiazole rings is 1. The number of benzene rings is 1. The summed E-state index contributed by atoms with van der Waals surface area (Å²) in [5.74, 6) is 0.949. The van der Waals surface area contributed by atoms with E-state index in [1.807, 2.05) is 48.0 Å². The minimum atomic E-state index is -0.302. The Morgan fingerprint density at radius 1 is 1.10 bits per heavy atom. The van der Waals surface area contributed by atoms with Crippen molar-refractivity contribution in [1.29, 1.82) is 0 Å². The summed E-state index contributed by atoms with van der Waals surface area (Å²) in [5.41, 5.74) is 11.1. The molecule has 0 aliphatic heterocycles. The van der Waals surface area contributed by atoms with Gasteiger partial charge in [0, 0.05) is 16.9 Å². The number of aromatic nitrogens is 1. The molecule has 4 rings (SSSR count). The van der Waals surface area contributed by atoms with Gasteiger partial charge in [-0.1, -0.05) is 31.4 Å². The molecule has 1 unspecified atom stereocenters. The van der Waals surface area contributed by atoms with Gasteiger partial charge in [0.1, 0.15) is 23.7 Å². The second-order valence-electron chi connectivity index (χ2n) is 9.96. The zero-order chi connectivity index (χ0) is 28.7. The first-order valence-corrected chi connectivity index (χ1v) is 15.6. The fraction of sp³-hybridized carbons (Fsp3) is 0.406. The Bertz CT molecular complexity index is 1240. The van der Waals surface area contributed by atoms with Crippen molar-refractivity contribution in [1.82, 2.24) is 4.98 Å². The van der Waals surface area contributed by atoms with Crippen molar-refractivity contribution in [3.8, 4) is 5.75 Å². The molecule has 0 spiro atoms. The van der Waals surface area contributed by atoms with Gasteiger partial charge in [-0.05, 0) is 97.8 Å². The number of hydrogen-bond acceptors (Lipinski definition) is 8. The fourth-order valence-corrected chi connectivity index (χ4v) is 5.76. The van der Waals surface area contributed by atoms with E-state index in [2.05, 4.69) is 16.4 Å². The van der Waals surface area contributed by atoms with Gasteiger partial charge in [0.25, 0.3) is 0 Å². The molecule has 0 bridgehead atoms. The minimum absolute atomic E-state index is 0.183. The number of ether oxygens (including phenoxy) is 2. The molecule has 1 aliphatic carbocycles. The van der Waals surface area contributed by atoms with Crippen LogP contribution in [0, 0.1) is 5.92 Å². The van der Waals surface area contributed by atoms with Gasteiger partial charge in [-0.25, -0.2) is 9.78 Å². The van der Waals surface area contributed by atoms with E-state index in [-0.39, 0.29) is 12.0 Å². The van der Waals surface area contributed by atoms with Crippen molar-refractivity contribution in [2.24, 2.45) is 11.7 Å². The monoisotopic (exact) mass is 580 g/mol. The predicted octanol–water partition coefficient (Wildman–Crippen LogP) is 7.70. The predicted molar refractivity (Wildman–Crippen MR) is 165 cm³/mol. The van der Waals surface area contributed by atoms with Crippen molar-refractivity contribution >= 4 is 41.0 Å². The molecule has 0 amide bonds. The van der Waals surface area contributed by atoms with Gasteiger partial charge in [-0.2, -0.15) is 11.3 Å². The van der Waals surface area contributed by atoms with Gasteiger partial charge in [-0.15, -0.1) is 11.3 Å². The Morgan fingerprint density at radius 2 is 1.85 bits per heavy atom. The molecule has 3 aromatic rings. The number of aldehydes is 1. The maximum atomic E-state index is 11.8. The third-order valence-corrected chi connectivity index (χ3v) is 8.21. The summed E-state index contributed by atoms with van der Waals surface area (Å²) in [5, 5.41) is 7.00. The van der Waals surface area contributed by atoms with Crippen LogP contribution in [0.3, 0.4) is 0 Å². The third-order valence-electron chi connectivity index (χ3n) is 6.48. The van der Waals surface area contributed by atoms with Crippen LogP contribution in [0.25, 0.3) is 6.08 Å². The highest BCUT2D eigenvalue weighted by atomic mass is 32.1. The SMILES string of the molecule is CCOC(=O)/C(C)=C\C(C)=C\c1csc(C(N)Cc2ccc(OCc3ccsc3)cc2)n1.O=CC1CCCCC1. The van der Waals surface area contributed by atoms with Gasteiger partial charge in [0.15, 0.2) is 0 Å². The van der Waals surface area contributed by atoms with Crippen LogP contribution in [0.5, 0.6) is 5.75 Å². The molecular formula is C32H40N2O4S2. The third kappa shape index (κ3) is 10.8. The zero-order valence-electron chi connectivity index (χ0n) is 23.6. The molecule has 6 nitrogen and oxygen atoms in total. The fourth-order valence-electron chi connectivity index (χ4n) is 4.33. The lowest BCUT2D eigenvalue weighted by molar-refractivity contribution is -0.138. The molecule has 8 heteroatoms. The largest absolute Gasteiger partial charge is 0.489 e. The van der Waals surface area contributed by atoms with E-state index in [9.17, 15) is 9.59 Å². The number of carbonyl (C=O) groups is 2. The maximum Gasteiger partial charge on any atom is 0.333 e. The molecule has 2 N–H and O–H groups in total. The Labute approximate surface area is 245 Å². The second-order valence-corrected chi connectivity index (χ2v) is 11.6. The number of thiophene rings is 1. The summed E-state index contributed by atoms with van der Waals surface area (Å²) in [6, 6.07) is 9.93. The Kier molecular flexibility index (Phi) is 13.3. The van der Waals surface area contributed by atoms with Crippen molar-refractivity contribution in [2.75, 3.05) is 6.61 Å². The van der Waals surface area contributed by atoms with Crippen LogP contribution < -0.4 is 10.5 Å². The van der Waals surface area contributed by atoms with Gasteiger partial charge in [-0.3, -0.25) is 0 Å². The van der Waals surface area contributed by atoms with E-state index >= 15 is 0 Å². The summed E-state index contributed by atoms with van der Waals surface area (Å²) in [7, 11) is 0. The first-order chi connectivity index (χ1) is 19.4. The quantitative estimate of drug-likeness (QED) is 0.108. The van der Waals surface area contributed by atoms with Crippen LogP contribution in [0.1, 0.15) is 80.7 Å². The molecule has 1 fully saturated rings. The number of nitrogens with two attached hydrogens (primary N) is 1. The first kappa shape index (κ1) is 31.5. The zero-order valence-corrected chi connectivity index (χ0v) is 25.3. The highest BCUT2D eigenvalue weighted by molar-refractivity contribution is 7.09. The Hall–Kier alpha value is -3.07. The highest BCUT2D eigenvalue weighted by Gasteiger charge is 2.13. The van der Waals surface area contributed by atoms with Crippen LogP contribution in [0.4, 0.5) is 0 Å². The number of allylic oxidation sites excluding steroid dienone is 2. The van der Waals surface area contributed by atoms with Crippen molar-refractivity contribution in [3.05, 3.63) is 85.5 Å². The topological polar surface area (TPSA) is 91.5 Å². The van der Waals surface area contributed by atoms with E-state index in [4.69, 9.17) is 15.2 Å². The second kappa shape index (κ2) is 16.9. The average Bonchev–Trinajstić information content (AvgIpc) is 3.66. The first-order valence-electron chi connectivity index (χ1n) is 13.8. The number of rotatable bonds is 11. The molecule has 2 heterocycles. The average molecular weight is 581 g/mol. The summed E-state index contributed by atoms with van der Waals surface area (Å²) in [6.45, 7) is 6.42. The summed E-state index contributed by atoms with van der Waals surface area (Å²) in [6.07, 6.45) is 11.7. The van der Waals surface area contributed by atoms with E-state index < -0.39 is 0 Å². The number of hydrogen-bond donors (Lipinski definition) is 1. The lowest BCUT2D eigenvalue weighted by Gasteiger charge is -2.14. The van der Waals surface area contributed by atoms with Crippen molar-refractivity contribution in [2.45, 2.75) is 71.9 Å². The maximum absolute atomic E-state index is 11.8. The number of nitrogens with zero attached hydrogens (tertiary/aromatic N) is 1. The van der Waals surface area contributed by atoms with E-state index in [1.165, 1.54) is 24.8 Å². The normalized spacial score (nSPS) is 15.1. The molecule has 0 radical (unpaired) electrons. The van der Waals surface area contributed by atoms with Crippen LogP contribution in [0.15, 0.2) is 63.7 Å². The highest BCUT2D eigenvalue weighted by Crippen LogP contribution is 2.24. The number of esters is 1. The lowest BCUT2D eigenvalue weighted by Crippen LogP contribution is -2.13. The molecule has 0 saturated heterocycles. The standard InChI is InChI=1S/C25H28N2O3S2.C7H12O/c1-4-29-25(28)18(3)11-17(2)12-21-16-32-24(27-21)23(26)13-19-5-7-22(8-6-19)30-14-20-9-10-31-15-20;8-6-7-4-2-1-3-5-7/h5-12,15-16,23H,4,13-14,26H2,1-3H3;6-7H,1-5H2/b17-12+,18-11-;. The molecule has 1 saturated carbocycles. The molecule has 214 valence electrons. The number of carbonyl (C=O) groups excluding carboxylic acids is 2. The van der Waals surface area contributed by atoms with Crippen LogP contribution in [-0.4, -0.2) is 23.8 Å². The Balaban J connectivity index is 0.000000472. The molecule has 40 heavy (non-hydrogen) atoms. The molecule has 1 atom stereocenters. The summed E-state index contributed by atoms with van der Waals surface area (Å²) < 4.78 is 10.8. The Morgan fingerprint density at radius 3 is 2.48 bits per heavy atom. The van der Waals surface area contributed by atoms with E-state index in [1.54, 1.807) is 42.6 Å². The molecule has 2 aromatic heterocycles. The van der Waals surface area contributed by atoms with Crippen molar-refractivity contribution < 1.29 is 19.1 Å². The van der Waals surface area contributed by atoms with E-state index in [0.717, 1.165) is 46.7 Å². The lowest BCUT2D eigenvalue weighted by atomic mass is 9.91. The van der Waals surface area contributed by atoms with Crippen LogP contribution >= 0.6 is 22.7 Å². The van der Waals surface area contributed by atoms with Gasteiger partial charge in [0.05, 0.1) is 18.3 Å². The summed E-state index contributed by atoms with van der Waals surface area (Å²) >= 11 is 3.21. The molecular weight excluding hydrogens is 540 g/mol. The smallest absolute Gasteiger partial charge is 0.333 e. The minimum Gasteiger partial charge on any atom is -0.489 e. The van der Waals surface area contributed by atoms with Crippen LogP contribution in [0.2, 0.25) is 0 Å². The van der Waals surface area contributed by atoms with Crippen molar-refractivity contribution in [3.63, 3.8) is 0 Å². The van der Waals surface area contributed by atoms with Crippen LogP contribution in [-0.2, 0) is 27.4 Å². The molecule has 1 aromatic carbocycles. The molecule has 1 aliphatic rings. The van der Waals surface area contributed by atoms with Gasteiger partial charge >= 0.3 is 5.97 Å². The van der Waals surface area contributed by atoms with Gasteiger partial charge < -0.3 is 20.0 Å². The van der Waals surface area contributed by atoms with E-state index in [0.29, 0.717) is 31.1 Å².